The number of rotatable bonds is 8. The quantitative estimate of drug-likeness (QED) is 0.165. The van der Waals surface area contributed by atoms with Crippen LogP contribution >= 0.6 is 0 Å². The zero-order valence-corrected chi connectivity index (χ0v) is 52.4. The molecule has 0 saturated carbocycles. The molecule has 5 heteroatoms. The molecule has 0 spiro atoms. The molecule has 0 radical (unpaired) electrons. The minimum atomic E-state index is -0.198. The molecule has 12 aromatic rings. The lowest BCUT2D eigenvalue weighted by atomic mass is 9.80. The second-order valence-corrected chi connectivity index (χ2v) is 28.7. The molecule has 0 unspecified atom stereocenters. The van der Waals surface area contributed by atoms with Crippen LogP contribution in [0.25, 0.3) is 111 Å². The summed E-state index contributed by atoms with van der Waals surface area (Å²) in [5.41, 5.74) is 23.7. The van der Waals surface area contributed by atoms with Crippen LogP contribution < -0.4 is 0 Å². The first kappa shape index (κ1) is 56.7. The Bertz CT molecular complexity index is 4420. The summed E-state index contributed by atoms with van der Waals surface area (Å²) in [5, 5.41) is 14.0. The van der Waals surface area contributed by atoms with Crippen molar-refractivity contribution in [2.75, 3.05) is 0 Å². The van der Waals surface area contributed by atoms with E-state index in [2.05, 4.69) is 289 Å². The SMILES string of the molecule is CC(C)(C)c1ccc(-c2cc(-c3ccc(C(C)(C)C)cc3)cc(-n3c4ccccc4c4cccc(-c5ccnc(-c6cc(-c7cccc8c7nc(-c7ccccc7O)n8-c7cc(C(C)(C)C)cc(C(C)(C)C)c7)cc(C(C)(C)C)c6)c5)c43)c2)cc1. The summed E-state index contributed by atoms with van der Waals surface area (Å²) in [6, 6.07) is 73.4. The maximum Gasteiger partial charge on any atom is 0.149 e. The molecule has 0 aliphatic rings. The predicted molar refractivity (Wildman–Crippen MR) is 361 cm³/mol. The molecule has 0 aliphatic carbocycles. The van der Waals surface area contributed by atoms with Crippen LogP contribution in [0, 0.1) is 0 Å². The third kappa shape index (κ3) is 10.8. The molecule has 3 aromatic heterocycles. The van der Waals surface area contributed by atoms with Crippen molar-refractivity contribution < 1.29 is 5.11 Å². The van der Waals surface area contributed by atoms with Gasteiger partial charge in [-0.25, -0.2) is 4.98 Å². The van der Waals surface area contributed by atoms with Crippen LogP contribution in [-0.2, 0) is 27.1 Å². The van der Waals surface area contributed by atoms with Crippen molar-refractivity contribution in [1.29, 1.82) is 0 Å². The molecule has 0 aliphatic heterocycles. The molecule has 0 bridgehead atoms. The summed E-state index contributed by atoms with van der Waals surface area (Å²) in [7, 11) is 0. The molecular formula is C80H80N4O. The van der Waals surface area contributed by atoms with E-state index in [-0.39, 0.29) is 32.8 Å². The Balaban J connectivity index is 1.04. The molecule has 0 saturated heterocycles. The van der Waals surface area contributed by atoms with Crippen LogP contribution in [0.2, 0.25) is 0 Å². The number of phenolic OH excluding ortho intramolecular Hbond substituents is 1. The number of pyridine rings is 1. The fourth-order valence-electron chi connectivity index (χ4n) is 12.1. The number of aromatic nitrogens is 4. The Morgan fingerprint density at radius 3 is 1.41 bits per heavy atom. The molecule has 0 atom stereocenters. The fourth-order valence-corrected chi connectivity index (χ4v) is 12.1. The molecule has 5 nitrogen and oxygen atoms in total. The first-order chi connectivity index (χ1) is 40.2. The van der Waals surface area contributed by atoms with Gasteiger partial charge in [0, 0.05) is 45.0 Å². The van der Waals surface area contributed by atoms with Gasteiger partial charge in [0.25, 0.3) is 0 Å². The van der Waals surface area contributed by atoms with Crippen LogP contribution in [-0.4, -0.2) is 24.2 Å². The highest BCUT2D eigenvalue weighted by Gasteiger charge is 2.27. The maximum absolute atomic E-state index is 11.6. The lowest BCUT2D eigenvalue weighted by Crippen LogP contribution is -2.17. The monoisotopic (exact) mass is 1110 g/mol. The number of hydrogen-bond donors (Lipinski definition) is 1. The van der Waals surface area contributed by atoms with Crippen molar-refractivity contribution >= 4 is 32.8 Å². The Labute approximate surface area is 503 Å². The van der Waals surface area contributed by atoms with Crippen molar-refractivity contribution in [2.45, 2.75) is 131 Å². The van der Waals surface area contributed by atoms with Crippen molar-refractivity contribution in [3.05, 3.63) is 234 Å². The van der Waals surface area contributed by atoms with Gasteiger partial charge in [-0.2, -0.15) is 0 Å². The molecule has 426 valence electrons. The Kier molecular flexibility index (Phi) is 13.8. The maximum atomic E-state index is 11.6. The third-order valence-electron chi connectivity index (χ3n) is 17.3. The first-order valence-electron chi connectivity index (χ1n) is 30.2. The van der Waals surface area contributed by atoms with Crippen molar-refractivity contribution in [1.82, 2.24) is 19.1 Å². The molecule has 85 heavy (non-hydrogen) atoms. The van der Waals surface area contributed by atoms with E-state index in [9.17, 15) is 5.11 Å². The van der Waals surface area contributed by atoms with Crippen molar-refractivity contribution in [2.24, 2.45) is 0 Å². The number of hydrogen-bond acceptors (Lipinski definition) is 3. The average Bonchev–Trinajstić information content (AvgIpc) is 1.76. The van der Waals surface area contributed by atoms with Crippen molar-refractivity contribution in [3.63, 3.8) is 0 Å². The Morgan fingerprint density at radius 1 is 0.329 bits per heavy atom. The zero-order valence-electron chi connectivity index (χ0n) is 52.4. The number of aromatic hydroxyl groups is 1. The number of nitrogens with zero attached hydrogens (tertiary/aromatic N) is 4. The fraction of sp³-hybridized carbons (Fsp3) is 0.250. The number of phenols is 1. The molecular weight excluding hydrogens is 1030 g/mol. The average molecular weight is 1110 g/mol. The van der Waals surface area contributed by atoms with Gasteiger partial charge in [0.05, 0.1) is 33.3 Å². The molecule has 0 amide bonds. The van der Waals surface area contributed by atoms with Gasteiger partial charge in [-0.05, 0) is 167 Å². The summed E-state index contributed by atoms with van der Waals surface area (Å²) in [6.07, 6.45) is 1.97. The highest BCUT2D eigenvalue weighted by Crippen LogP contribution is 2.45. The van der Waals surface area contributed by atoms with Crippen LogP contribution in [0.3, 0.4) is 0 Å². The van der Waals surface area contributed by atoms with Crippen LogP contribution in [0.15, 0.2) is 206 Å². The number of benzene rings is 9. The molecule has 3 heterocycles. The Morgan fingerprint density at radius 2 is 0.812 bits per heavy atom. The van der Waals surface area contributed by atoms with Crippen LogP contribution in [0.1, 0.15) is 132 Å². The van der Waals surface area contributed by atoms with E-state index in [0.717, 1.165) is 67.0 Å². The molecule has 12 rings (SSSR count). The van der Waals surface area contributed by atoms with Crippen LogP contribution in [0.4, 0.5) is 0 Å². The predicted octanol–water partition coefficient (Wildman–Crippen LogP) is 21.7. The molecule has 9 aromatic carbocycles. The number of fused-ring (bicyclic) bond motifs is 4. The van der Waals surface area contributed by atoms with Gasteiger partial charge in [0.1, 0.15) is 11.6 Å². The van der Waals surface area contributed by atoms with Gasteiger partial charge in [-0.3, -0.25) is 9.55 Å². The topological polar surface area (TPSA) is 55.9 Å². The zero-order chi connectivity index (χ0) is 60.1. The standard InChI is InChI=1S/C80H80N4O/c1-76(2,3)57-34-30-50(31-35-57)53-40-54(51-32-36-58(37-33-51)77(4,5)6)45-62(44-53)83-70-27-18-16-22-66(70)67-26-20-25-65(74(67)83)52-38-39-81-69(46-52)56-41-55(42-59(43-56)78(7,8)9)64-24-21-28-71-73(64)82-75(68-23-17-19-29-72(68)85)84(71)63-48-60(79(10,11)12)47-61(49-63)80(13,14)15/h16-49,85H,1-15H3. The summed E-state index contributed by atoms with van der Waals surface area (Å²) < 4.78 is 4.74. The summed E-state index contributed by atoms with van der Waals surface area (Å²) in [5.74, 6) is 0.872. The second-order valence-electron chi connectivity index (χ2n) is 28.7. The first-order valence-corrected chi connectivity index (χ1v) is 30.2. The van der Waals surface area contributed by atoms with Gasteiger partial charge in [0.2, 0.25) is 0 Å². The van der Waals surface area contributed by atoms with E-state index in [4.69, 9.17) is 9.97 Å². The molecule has 1 N–H and O–H groups in total. The normalized spacial score (nSPS) is 12.7. The summed E-state index contributed by atoms with van der Waals surface area (Å²) >= 11 is 0. The van der Waals surface area contributed by atoms with Gasteiger partial charge >= 0.3 is 0 Å². The van der Waals surface area contributed by atoms with Crippen LogP contribution in [0.5, 0.6) is 5.75 Å². The lowest BCUT2D eigenvalue weighted by Gasteiger charge is -2.27. The van der Waals surface area contributed by atoms with E-state index in [1.807, 2.05) is 24.4 Å². The van der Waals surface area contributed by atoms with Gasteiger partial charge in [-0.1, -0.05) is 225 Å². The largest absolute Gasteiger partial charge is 0.507 e. The third-order valence-corrected chi connectivity index (χ3v) is 17.3. The number of para-hydroxylation sites is 4. The van der Waals surface area contributed by atoms with Crippen molar-refractivity contribution in [3.8, 4) is 84.3 Å². The van der Waals surface area contributed by atoms with Gasteiger partial charge < -0.3 is 9.67 Å². The van der Waals surface area contributed by atoms with Gasteiger partial charge in [-0.15, -0.1) is 0 Å². The van der Waals surface area contributed by atoms with E-state index in [1.165, 1.54) is 60.8 Å². The van der Waals surface area contributed by atoms with E-state index in [0.29, 0.717) is 11.4 Å². The summed E-state index contributed by atoms with van der Waals surface area (Å²) in [6.45, 7) is 34.1. The Hall–Kier alpha value is -8.80. The highest BCUT2D eigenvalue weighted by molar-refractivity contribution is 6.14. The second kappa shape index (κ2) is 20.8. The highest BCUT2D eigenvalue weighted by atomic mass is 16.3. The minimum absolute atomic E-state index is 0.0421. The smallest absolute Gasteiger partial charge is 0.149 e. The van der Waals surface area contributed by atoms with Gasteiger partial charge in [0.15, 0.2) is 0 Å². The van der Waals surface area contributed by atoms with E-state index >= 15 is 0 Å². The summed E-state index contributed by atoms with van der Waals surface area (Å²) in [4.78, 5) is 10.8. The molecule has 0 fully saturated rings. The lowest BCUT2D eigenvalue weighted by molar-refractivity contribution is 0.477. The van der Waals surface area contributed by atoms with E-state index < -0.39 is 0 Å². The number of imidazole rings is 1. The van der Waals surface area contributed by atoms with E-state index in [1.54, 1.807) is 6.07 Å². The minimum Gasteiger partial charge on any atom is -0.507 e.